The number of nitrogens with one attached hydrogen (secondary N) is 1. The minimum Gasteiger partial charge on any atom is -0.497 e. The molecular formula is C23H20N2O3S. The van der Waals surface area contributed by atoms with Crippen molar-refractivity contribution in [2.75, 3.05) is 19.5 Å². The maximum absolute atomic E-state index is 12.6. The first kappa shape index (κ1) is 19.0. The van der Waals surface area contributed by atoms with E-state index in [0.717, 1.165) is 28.2 Å². The molecule has 0 aliphatic rings. The van der Waals surface area contributed by atoms with Crippen LogP contribution >= 0.6 is 11.3 Å². The topological polar surface area (TPSA) is 60.5 Å². The lowest BCUT2D eigenvalue weighted by Crippen LogP contribution is -2.12. The lowest BCUT2D eigenvalue weighted by molar-refractivity contribution is 0.102. The number of thiazole rings is 1. The maximum atomic E-state index is 12.6. The molecule has 1 amide bonds. The van der Waals surface area contributed by atoms with Gasteiger partial charge in [-0.25, -0.2) is 4.98 Å². The molecule has 0 saturated carbocycles. The van der Waals surface area contributed by atoms with Crippen LogP contribution in [-0.4, -0.2) is 25.1 Å². The molecule has 0 aliphatic carbocycles. The summed E-state index contributed by atoms with van der Waals surface area (Å²) < 4.78 is 11.6. The first-order valence-corrected chi connectivity index (χ1v) is 9.94. The van der Waals surface area contributed by atoms with Gasteiger partial charge in [0.25, 0.3) is 5.91 Å². The van der Waals surface area contributed by atoms with Crippen molar-refractivity contribution >= 4 is 33.1 Å². The summed E-state index contributed by atoms with van der Waals surface area (Å²) in [5.74, 6) is 0.919. The van der Waals surface area contributed by atoms with Crippen LogP contribution < -0.4 is 14.8 Å². The van der Waals surface area contributed by atoms with E-state index in [1.54, 1.807) is 43.8 Å². The molecule has 0 spiro atoms. The molecule has 0 aliphatic heterocycles. The molecule has 0 atom stereocenters. The third kappa shape index (κ3) is 4.38. The average Bonchev–Trinajstić information content (AvgIpc) is 3.17. The largest absolute Gasteiger partial charge is 0.497 e. The van der Waals surface area contributed by atoms with Gasteiger partial charge in [-0.1, -0.05) is 24.3 Å². The van der Waals surface area contributed by atoms with Gasteiger partial charge in [-0.15, -0.1) is 11.3 Å². The molecule has 0 unspecified atom stereocenters. The first-order chi connectivity index (χ1) is 14.1. The van der Waals surface area contributed by atoms with Gasteiger partial charge in [0, 0.05) is 23.7 Å². The Morgan fingerprint density at radius 1 is 0.966 bits per heavy atom. The molecule has 6 heteroatoms. The van der Waals surface area contributed by atoms with Crippen molar-refractivity contribution in [2.45, 2.75) is 6.42 Å². The van der Waals surface area contributed by atoms with E-state index in [0.29, 0.717) is 17.1 Å². The minimum atomic E-state index is -0.221. The van der Waals surface area contributed by atoms with Crippen LogP contribution in [-0.2, 0) is 6.42 Å². The summed E-state index contributed by atoms with van der Waals surface area (Å²) >= 11 is 1.71. The highest BCUT2D eigenvalue weighted by Crippen LogP contribution is 2.25. The highest BCUT2D eigenvalue weighted by atomic mass is 32.1. The van der Waals surface area contributed by atoms with Crippen LogP contribution in [0.2, 0.25) is 0 Å². The summed E-state index contributed by atoms with van der Waals surface area (Å²) in [6.07, 6.45) is 0.765. The number of carbonyl (C=O) groups excluding carboxylic acids is 1. The van der Waals surface area contributed by atoms with Crippen LogP contribution in [0.1, 0.15) is 20.9 Å². The summed E-state index contributed by atoms with van der Waals surface area (Å²) in [5, 5.41) is 3.99. The Bertz CT molecular complexity index is 1100. The highest BCUT2D eigenvalue weighted by Gasteiger charge is 2.11. The number of anilines is 1. The van der Waals surface area contributed by atoms with Gasteiger partial charge in [-0.3, -0.25) is 4.79 Å². The van der Waals surface area contributed by atoms with Crippen LogP contribution in [0.15, 0.2) is 66.7 Å². The Morgan fingerprint density at radius 2 is 1.66 bits per heavy atom. The summed E-state index contributed by atoms with van der Waals surface area (Å²) in [6.45, 7) is 0. The second kappa shape index (κ2) is 8.32. The van der Waals surface area contributed by atoms with Crippen LogP contribution in [0.25, 0.3) is 10.2 Å². The SMILES string of the molecule is COc1cc(OC)cc(C(=O)Nc2ccc(Cc3nc4ccccc4s3)cc2)c1. The lowest BCUT2D eigenvalue weighted by Gasteiger charge is -2.09. The first-order valence-electron chi connectivity index (χ1n) is 9.12. The molecule has 4 aromatic rings. The van der Waals surface area contributed by atoms with Crippen LogP contribution in [0.5, 0.6) is 11.5 Å². The van der Waals surface area contributed by atoms with Crippen molar-refractivity contribution in [3.05, 3.63) is 82.9 Å². The van der Waals surface area contributed by atoms with Crippen LogP contribution in [0.3, 0.4) is 0 Å². The number of methoxy groups -OCH3 is 2. The zero-order valence-corrected chi connectivity index (χ0v) is 17.0. The molecule has 0 fully saturated rings. The Balaban J connectivity index is 1.46. The molecule has 4 rings (SSSR count). The summed E-state index contributed by atoms with van der Waals surface area (Å²) in [7, 11) is 3.11. The zero-order chi connectivity index (χ0) is 20.2. The van der Waals surface area contributed by atoms with E-state index in [1.165, 1.54) is 4.70 Å². The maximum Gasteiger partial charge on any atom is 0.255 e. The van der Waals surface area contributed by atoms with Crippen molar-refractivity contribution < 1.29 is 14.3 Å². The standard InChI is InChI=1S/C23H20N2O3S/c1-27-18-12-16(13-19(14-18)28-2)23(26)24-17-9-7-15(8-10-17)11-22-25-20-5-3-4-6-21(20)29-22/h3-10,12-14H,11H2,1-2H3,(H,24,26). The van der Waals surface area contributed by atoms with E-state index >= 15 is 0 Å². The third-order valence-electron chi connectivity index (χ3n) is 4.52. The van der Waals surface area contributed by atoms with E-state index in [1.807, 2.05) is 42.5 Å². The number of para-hydroxylation sites is 1. The van der Waals surface area contributed by atoms with Crippen LogP contribution in [0.4, 0.5) is 5.69 Å². The summed E-state index contributed by atoms with van der Waals surface area (Å²) in [6, 6.07) is 21.1. The number of benzene rings is 3. The summed E-state index contributed by atoms with van der Waals surface area (Å²) in [5.41, 5.74) is 3.37. The van der Waals surface area contributed by atoms with Gasteiger partial charge in [0.1, 0.15) is 11.5 Å². The molecule has 0 bridgehead atoms. The molecular weight excluding hydrogens is 384 g/mol. The Morgan fingerprint density at radius 3 is 2.31 bits per heavy atom. The number of ether oxygens (including phenoxy) is 2. The molecule has 146 valence electrons. The molecule has 1 aromatic heterocycles. The molecule has 1 heterocycles. The molecule has 1 N–H and O–H groups in total. The second-order valence-corrected chi connectivity index (χ2v) is 7.62. The molecule has 0 radical (unpaired) electrons. The fraction of sp³-hybridized carbons (Fsp3) is 0.130. The predicted octanol–water partition coefficient (Wildman–Crippen LogP) is 5.16. The predicted molar refractivity (Wildman–Crippen MR) is 116 cm³/mol. The highest BCUT2D eigenvalue weighted by molar-refractivity contribution is 7.18. The lowest BCUT2D eigenvalue weighted by atomic mass is 10.1. The quantitative estimate of drug-likeness (QED) is 0.482. The number of fused-ring (bicyclic) bond motifs is 1. The van der Waals surface area contributed by atoms with E-state index in [2.05, 4.69) is 16.4 Å². The zero-order valence-electron chi connectivity index (χ0n) is 16.1. The monoisotopic (exact) mass is 404 g/mol. The average molecular weight is 404 g/mol. The van der Waals surface area contributed by atoms with Crippen LogP contribution in [0, 0.1) is 0 Å². The number of amides is 1. The van der Waals surface area contributed by atoms with Gasteiger partial charge in [0.2, 0.25) is 0 Å². The number of hydrogen-bond donors (Lipinski definition) is 1. The number of nitrogens with zero attached hydrogens (tertiary/aromatic N) is 1. The third-order valence-corrected chi connectivity index (χ3v) is 5.56. The molecule has 0 saturated heterocycles. The summed E-state index contributed by atoms with van der Waals surface area (Å²) in [4.78, 5) is 17.3. The Labute approximate surface area is 172 Å². The second-order valence-electron chi connectivity index (χ2n) is 6.50. The van der Waals surface area contributed by atoms with Crippen molar-refractivity contribution in [2.24, 2.45) is 0 Å². The van der Waals surface area contributed by atoms with E-state index in [-0.39, 0.29) is 5.91 Å². The number of aromatic nitrogens is 1. The van der Waals surface area contributed by atoms with E-state index in [4.69, 9.17) is 9.47 Å². The minimum absolute atomic E-state index is 0.221. The number of carbonyl (C=O) groups is 1. The van der Waals surface area contributed by atoms with Gasteiger partial charge < -0.3 is 14.8 Å². The fourth-order valence-corrected chi connectivity index (χ4v) is 4.02. The molecule has 3 aromatic carbocycles. The van der Waals surface area contributed by atoms with Gasteiger partial charge in [0.05, 0.1) is 29.4 Å². The molecule has 5 nitrogen and oxygen atoms in total. The van der Waals surface area contributed by atoms with Gasteiger partial charge >= 0.3 is 0 Å². The van der Waals surface area contributed by atoms with Gasteiger partial charge in [0.15, 0.2) is 0 Å². The van der Waals surface area contributed by atoms with Crippen molar-refractivity contribution in [3.8, 4) is 11.5 Å². The van der Waals surface area contributed by atoms with Gasteiger partial charge in [-0.05, 0) is 42.0 Å². The molecule has 29 heavy (non-hydrogen) atoms. The Kier molecular flexibility index (Phi) is 5.44. The fourth-order valence-electron chi connectivity index (χ4n) is 3.02. The smallest absolute Gasteiger partial charge is 0.255 e. The van der Waals surface area contributed by atoms with E-state index in [9.17, 15) is 4.79 Å². The van der Waals surface area contributed by atoms with Crippen molar-refractivity contribution in [1.29, 1.82) is 0 Å². The Hall–Kier alpha value is -3.38. The normalized spacial score (nSPS) is 10.7. The van der Waals surface area contributed by atoms with E-state index < -0.39 is 0 Å². The van der Waals surface area contributed by atoms with Crippen molar-refractivity contribution in [3.63, 3.8) is 0 Å². The van der Waals surface area contributed by atoms with Crippen molar-refractivity contribution in [1.82, 2.24) is 4.98 Å². The number of rotatable bonds is 6. The van der Waals surface area contributed by atoms with Gasteiger partial charge in [-0.2, -0.15) is 0 Å². The number of hydrogen-bond acceptors (Lipinski definition) is 5.